The van der Waals surface area contributed by atoms with Crippen LogP contribution in [-0.4, -0.2) is 29.1 Å². The average Bonchev–Trinajstić information content (AvgIpc) is 2.49. The first-order valence-corrected chi connectivity index (χ1v) is 7.02. The lowest BCUT2D eigenvalue weighted by atomic mass is 10.1. The van der Waals surface area contributed by atoms with E-state index in [1.807, 2.05) is 35.3 Å². The van der Waals surface area contributed by atoms with Crippen LogP contribution in [-0.2, 0) is 0 Å². The van der Waals surface area contributed by atoms with Gasteiger partial charge in [0.25, 0.3) is 5.91 Å². The van der Waals surface area contributed by atoms with E-state index in [1.54, 1.807) is 6.07 Å². The molecule has 1 aliphatic heterocycles. The predicted octanol–water partition coefficient (Wildman–Crippen LogP) is 2.68. The molecule has 0 atom stereocenters. The molecular weight excluding hydrogens is 252 g/mol. The second-order valence-electron chi connectivity index (χ2n) is 5.17. The molecule has 0 unspecified atom stereocenters. The van der Waals surface area contributed by atoms with Crippen LogP contribution in [0.3, 0.4) is 0 Å². The van der Waals surface area contributed by atoms with Crippen LogP contribution in [0.2, 0.25) is 0 Å². The zero-order valence-corrected chi connectivity index (χ0v) is 11.3. The zero-order valence-electron chi connectivity index (χ0n) is 11.3. The van der Waals surface area contributed by atoms with Gasteiger partial charge in [-0.2, -0.15) is 0 Å². The van der Waals surface area contributed by atoms with Gasteiger partial charge >= 0.3 is 0 Å². The van der Waals surface area contributed by atoms with E-state index in [-0.39, 0.29) is 11.7 Å². The highest BCUT2D eigenvalue weighted by Crippen LogP contribution is 2.28. The third-order valence-electron chi connectivity index (χ3n) is 3.76. The number of hydrogen-bond acceptors (Lipinski definition) is 3. The van der Waals surface area contributed by atoms with Crippen molar-refractivity contribution in [3.8, 4) is 5.75 Å². The lowest BCUT2D eigenvalue weighted by Gasteiger charge is -2.26. The molecule has 20 heavy (non-hydrogen) atoms. The Hall–Kier alpha value is -2.07. The van der Waals surface area contributed by atoms with Crippen LogP contribution in [0.25, 0.3) is 10.8 Å². The number of fused-ring (bicyclic) bond motifs is 1. The van der Waals surface area contributed by atoms with E-state index in [9.17, 15) is 9.90 Å². The van der Waals surface area contributed by atoms with E-state index in [2.05, 4.69) is 5.43 Å². The number of carbonyl (C=O) groups excluding carboxylic acids is 1. The Morgan fingerprint density at radius 3 is 2.60 bits per heavy atom. The summed E-state index contributed by atoms with van der Waals surface area (Å²) in [6, 6.07) is 11.0. The van der Waals surface area contributed by atoms with Gasteiger partial charge in [-0.05, 0) is 24.3 Å². The van der Waals surface area contributed by atoms with Gasteiger partial charge in [-0.25, -0.2) is 5.01 Å². The van der Waals surface area contributed by atoms with Crippen LogP contribution in [0.15, 0.2) is 36.4 Å². The van der Waals surface area contributed by atoms with Crippen molar-refractivity contribution < 1.29 is 9.90 Å². The van der Waals surface area contributed by atoms with Gasteiger partial charge < -0.3 is 5.11 Å². The molecule has 104 valence electrons. The van der Waals surface area contributed by atoms with Crippen molar-refractivity contribution in [3.05, 3.63) is 42.0 Å². The summed E-state index contributed by atoms with van der Waals surface area (Å²) in [5, 5.41) is 13.8. The summed E-state index contributed by atoms with van der Waals surface area (Å²) >= 11 is 0. The Kier molecular flexibility index (Phi) is 3.56. The number of hydrazine groups is 1. The number of nitrogens with one attached hydrogen (secondary N) is 1. The van der Waals surface area contributed by atoms with Crippen molar-refractivity contribution in [1.29, 1.82) is 0 Å². The SMILES string of the molecule is O=C(NN1CCCCC1)c1ccc2ccccc2c1O. The van der Waals surface area contributed by atoms with Crippen LogP contribution in [0.1, 0.15) is 29.6 Å². The van der Waals surface area contributed by atoms with Crippen molar-refractivity contribution in [2.45, 2.75) is 19.3 Å². The number of piperidine rings is 1. The maximum Gasteiger partial charge on any atom is 0.269 e. The fraction of sp³-hybridized carbons (Fsp3) is 0.312. The molecule has 1 saturated heterocycles. The fourth-order valence-corrected chi connectivity index (χ4v) is 2.65. The van der Waals surface area contributed by atoms with Crippen molar-refractivity contribution in [1.82, 2.24) is 10.4 Å². The van der Waals surface area contributed by atoms with Crippen LogP contribution in [0, 0.1) is 0 Å². The van der Waals surface area contributed by atoms with Gasteiger partial charge in [0, 0.05) is 18.5 Å². The Morgan fingerprint density at radius 1 is 1.05 bits per heavy atom. The number of nitrogens with zero attached hydrogens (tertiary/aromatic N) is 1. The largest absolute Gasteiger partial charge is 0.506 e. The van der Waals surface area contributed by atoms with Crippen molar-refractivity contribution in [2.75, 3.05) is 13.1 Å². The number of carbonyl (C=O) groups is 1. The average molecular weight is 270 g/mol. The molecule has 4 nitrogen and oxygen atoms in total. The highest BCUT2D eigenvalue weighted by molar-refractivity contribution is 6.03. The maximum atomic E-state index is 12.3. The first-order valence-electron chi connectivity index (χ1n) is 7.02. The van der Waals surface area contributed by atoms with Gasteiger partial charge in [-0.3, -0.25) is 10.2 Å². The Labute approximate surface area is 118 Å². The van der Waals surface area contributed by atoms with Gasteiger partial charge in [0.15, 0.2) is 0 Å². The molecule has 4 heteroatoms. The maximum absolute atomic E-state index is 12.3. The van der Waals surface area contributed by atoms with E-state index in [1.165, 1.54) is 6.42 Å². The molecule has 1 fully saturated rings. The monoisotopic (exact) mass is 270 g/mol. The molecule has 0 aromatic heterocycles. The molecule has 1 amide bonds. The van der Waals surface area contributed by atoms with Gasteiger partial charge in [-0.1, -0.05) is 36.8 Å². The number of phenols is 1. The Balaban J connectivity index is 1.85. The highest BCUT2D eigenvalue weighted by Gasteiger charge is 2.17. The highest BCUT2D eigenvalue weighted by atomic mass is 16.3. The Bertz CT molecular complexity index is 633. The predicted molar refractivity (Wildman–Crippen MR) is 78.5 cm³/mol. The number of rotatable bonds is 2. The molecule has 0 bridgehead atoms. The summed E-state index contributed by atoms with van der Waals surface area (Å²) in [5.74, 6) is -0.187. The summed E-state index contributed by atoms with van der Waals surface area (Å²) in [5.41, 5.74) is 3.20. The third kappa shape index (κ3) is 2.47. The second kappa shape index (κ2) is 5.51. The van der Waals surface area contributed by atoms with Crippen LogP contribution >= 0.6 is 0 Å². The number of aromatic hydroxyl groups is 1. The van der Waals surface area contributed by atoms with E-state index in [0.29, 0.717) is 10.9 Å². The summed E-state index contributed by atoms with van der Waals surface area (Å²) in [6.07, 6.45) is 3.42. The lowest BCUT2D eigenvalue weighted by Crippen LogP contribution is -2.45. The number of hydrogen-bond donors (Lipinski definition) is 2. The summed E-state index contributed by atoms with van der Waals surface area (Å²) < 4.78 is 0. The molecule has 3 rings (SSSR count). The van der Waals surface area contributed by atoms with Gasteiger partial charge in [0.05, 0.1) is 5.56 Å². The minimum atomic E-state index is -0.241. The number of benzene rings is 2. The molecule has 2 N–H and O–H groups in total. The van der Waals surface area contributed by atoms with E-state index < -0.39 is 0 Å². The summed E-state index contributed by atoms with van der Waals surface area (Å²) in [7, 11) is 0. The standard InChI is InChI=1S/C16H18N2O2/c19-15-13-7-3-2-6-12(13)8-9-14(15)16(20)17-18-10-4-1-5-11-18/h2-3,6-9,19H,1,4-5,10-11H2,(H,17,20). The van der Waals surface area contributed by atoms with Crippen LogP contribution in [0.5, 0.6) is 5.75 Å². The minimum Gasteiger partial charge on any atom is -0.506 e. The molecule has 0 saturated carbocycles. The second-order valence-corrected chi connectivity index (χ2v) is 5.17. The van der Waals surface area contributed by atoms with Crippen LogP contribution in [0.4, 0.5) is 0 Å². The van der Waals surface area contributed by atoms with E-state index >= 15 is 0 Å². The number of amides is 1. The first kappa shape index (κ1) is 12.9. The fourth-order valence-electron chi connectivity index (χ4n) is 2.65. The summed E-state index contributed by atoms with van der Waals surface area (Å²) in [6.45, 7) is 1.75. The first-order chi connectivity index (χ1) is 9.75. The van der Waals surface area contributed by atoms with Crippen LogP contribution < -0.4 is 5.43 Å². The molecule has 2 aromatic rings. The quantitative estimate of drug-likeness (QED) is 0.882. The van der Waals surface area contributed by atoms with Gasteiger partial charge in [0.1, 0.15) is 5.75 Å². The molecule has 1 heterocycles. The molecule has 1 aliphatic rings. The topological polar surface area (TPSA) is 52.6 Å². The Morgan fingerprint density at radius 2 is 1.80 bits per heavy atom. The van der Waals surface area contributed by atoms with Gasteiger partial charge in [-0.15, -0.1) is 0 Å². The zero-order chi connectivity index (χ0) is 13.9. The normalized spacial score (nSPS) is 16.2. The van der Waals surface area contributed by atoms with Crippen molar-refractivity contribution in [2.24, 2.45) is 0 Å². The molecule has 0 spiro atoms. The third-order valence-corrected chi connectivity index (χ3v) is 3.76. The molecule has 0 aliphatic carbocycles. The smallest absolute Gasteiger partial charge is 0.269 e. The van der Waals surface area contributed by atoms with E-state index in [4.69, 9.17) is 0 Å². The molecular formula is C16H18N2O2. The number of phenolic OH excluding ortho intramolecular Hbond substituents is 1. The lowest BCUT2D eigenvalue weighted by molar-refractivity contribution is 0.0747. The van der Waals surface area contributed by atoms with Gasteiger partial charge in [0.2, 0.25) is 0 Å². The molecule has 2 aromatic carbocycles. The van der Waals surface area contributed by atoms with E-state index in [0.717, 1.165) is 31.3 Å². The minimum absolute atomic E-state index is 0.0533. The van der Waals surface area contributed by atoms with Crippen molar-refractivity contribution >= 4 is 16.7 Å². The molecule has 0 radical (unpaired) electrons. The van der Waals surface area contributed by atoms with Crippen molar-refractivity contribution in [3.63, 3.8) is 0 Å². The summed E-state index contributed by atoms with van der Waals surface area (Å²) in [4.78, 5) is 12.3.